The van der Waals surface area contributed by atoms with Crippen molar-refractivity contribution in [2.24, 2.45) is 11.8 Å². The van der Waals surface area contributed by atoms with E-state index in [0.717, 1.165) is 24.1 Å². The molecule has 2 aromatic rings. The van der Waals surface area contributed by atoms with Gasteiger partial charge < -0.3 is 9.64 Å². The SMILES string of the molecule is O=C(c1ccccc1)[C@@H]1[C@@H]2C(=O)N(C[C@H]3CCCO3)C(=O)[C@H]2[C@@H]2C=Cc3ccccc3N12. The van der Waals surface area contributed by atoms with Crippen LogP contribution in [0.1, 0.15) is 28.8 Å². The number of likely N-dealkylation sites (tertiary alicyclic amines) is 1. The van der Waals surface area contributed by atoms with Crippen LogP contribution in [-0.2, 0) is 14.3 Å². The number of amides is 2. The number of anilines is 1. The molecule has 0 radical (unpaired) electrons. The second-order valence-corrected chi connectivity index (χ2v) is 8.96. The third kappa shape index (κ3) is 2.79. The van der Waals surface area contributed by atoms with Crippen molar-refractivity contribution in [3.63, 3.8) is 0 Å². The first-order valence-electron chi connectivity index (χ1n) is 11.3. The van der Waals surface area contributed by atoms with Gasteiger partial charge in [-0.15, -0.1) is 0 Å². The van der Waals surface area contributed by atoms with Crippen molar-refractivity contribution in [3.05, 3.63) is 71.8 Å². The molecular formula is C26H24N2O4. The molecule has 4 heterocycles. The summed E-state index contributed by atoms with van der Waals surface area (Å²) in [6.45, 7) is 0.947. The standard InChI is InChI=1S/C26H24N2O4/c29-24(17-8-2-1-3-9-17)23-22-21(20-13-12-16-7-4-5-11-19(16)28(20)23)25(30)27(26(22)31)15-18-10-6-14-32-18/h1-5,7-9,11-13,18,20-23H,6,10,14-15H2/t18-,20+,21+,22-,23+/m1/s1. The summed E-state index contributed by atoms with van der Waals surface area (Å²) in [5.74, 6) is -1.81. The lowest BCUT2D eigenvalue weighted by atomic mass is 9.86. The molecule has 0 N–H and O–H groups in total. The molecule has 32 heavy (non-hydrogen) atoms. The van der Waals surface area contributed by atoms with E-state index in [9.17, 15) is 14.4 Å². The molecule has 0 unspecified atom stereocenters. The average Bonchev–Trinajstić information content (AvgIpc) is 3.52. The van der Waals surface area contributed by atoms with Crippen molar-refractivity contribution in [1.82, 2.24) is 4.90 Å². The van der Waals surface area contributed by atoms with Gasteiger partial charge in [0.1, 0.15) is 6.04 Å². The molecule has 6 nitrogen and oxygen atoms in total. The molecule has 162 valence electrons. The van der Waals surface area contributed by atoms with Gasteiger partial charge in [0.05, 0.1) is 30.5 Å². The van der Waals surface area contributed by atoms with Gasteiger partial charge in [0.2, 0.25) is 11.8 Å². The van der Waals surface area contributed by atoms with Gasteiger partial charge in [-0.3, -0.25) is 19.3 Å². The zero-order valence-electron chi connectivity index (χ0n) is 17.6. The molecule has 3 saturated heterocycles. The van der Waals surface area contributed by atoms with Crippen molar-refractivity contribution < 1.29 is 19.1 Å². The number of hydrogen-bond acceptors (Lipinski definition) is 5. The first-order valence-corrected chi connectivity index (χ1v) is 11.3. The van der Waals surface area contributed by atoms with E-state index in [0.29, 0.717) is 12.2 Å². The topological polar surface area (TPSA) is 66.9 Å². The summed E-state index contributed by atoms with van der Waals surface area (Å²) < 4.78 is 5.69. The van der Waals surface area contributed by atoms with E-state index in [2.05, 4.69) is 0 Å². The fourth-order valence-electron chi connectivity index (χ4n) is 5.82. The van der Waals surface area contributed by atoms with Gasteiger partial charge in [0.15, 0.2) is 5.78 Å². The van der Waals surface area contributed by atoms with Gasteiger partial charge in [-0.05, 0) is 24.5 Å². The Morgan fingerprint density at radius 3 is 2.50 bits per heavy atom. The number of para-hydroxylation sites is 1. The zero-order valence-corrected chi connectivity index (χ0v) is 17.6. The van der Waals surface area contributed by atoms with Crippen LogP contribution in [0, 0.1) is 11.8 Å². The summed E-state index contributed by atoms with van der Waals surface area (Å²) in [6.07, 6.45) is 5.67. The van der Waals surface area contributed by atoms with Crippen LogP contribution >= 0.6 is 0 Å². The second-order valence-electron chi connectivity index (χ2n) is 8.96. The van der Waals surface area contributed by atoms with Crippen LogP contribution in [0.15, 0.2) is 60.7 Å². The predicted molar refractivity (Wildman–Crippen MR) is 119 cm³/mol. The number of ether oxygens (including phenoxy) is 1. The van der Waals surface area contributed by atoms with Gasteiger partial charge in [0.25, 0.3) is 0 Å². The van der Waals surface area contributed by atoms with E-state index < -0.39 is 17.9 Å². The van der Waals surface area contributed by atoms with Crippen LogP contribution in [0.4, 0.5) is 5.69 Å². The Labute approximate surface area is 186 Å². The number of ketones is 1. The third-order valence-corrected chi connectivity index (χ3v) is 7.24. The number of rotatable bonds is 4. The van der Waals surface area contributed by atoms with Crippen LogP contribution in [-0.4, -0.2) is 53.8 Å². The Bertz CT molecular complexity index is 1120. The van der Waals surface area contributed by atoms with Crippen LogP contribution in [0.25, 0.3) is 6.08 Å². The smallest absolute Gasteiger partial charge is 0.235 e. The molecule has 0 spiro atoms. The highest BCUT2D eigenvalue weighted by Crippen LogP contribution is 2.49. The van der Waals surface area contributed by atoms with Gasteiger partial charge >= 0.3 is 0 Å². The number of carbonyl (C=O) groups is 3. The van der Waals surface area contributed by atoms with Crippen molar-refractivity contribution in [1.29, 1.82) is 0 Å². The van der Waals surface area contributed by atoms with E-state index in [4.69, 9.17) is 4.74 Å². The van der Waals surface area contributed by atoms with Crippen molar-refractivity contribution in [3.8, 4) is 0 Å². The van der Waals surface area contributed by atoms with E-state index in [-0.39, 0.29) is 36.3 Å². The first-order chi connectivity index (χ1) is 15.6. The lowest BCUT2D eigenvalue weighted by Crippen LogP contribution is -2.49. The van der Waals surface area contributed by atoms with Gasteiger partial charge in [0, 0.05) is 17.9 Å². The lowest BCUT2D eigenvalue weighted by Gasteiger charge is -2.36. The Balaban J connectivity index is 1.43. The molecule has 2 aromatic carbocycles. The Morgan fingerprint density at radius 1 is 0.969 bits per heavy atom. The number of imide groups is 1. The maximum absolute atomic E-state index is 13.8. The summed E-state index contributed by atoms with van der Waals surface area (Å²) in [6, 6.07) is 15.9. The fourth-order valence-corrected chi connectivity index (χ4v) is 5.82. The molecule has 6 rings (SSSR count). The molecule has 0 aromatic heterocycles. The highest BCUT2D eigenvalue weighted by Gasteiger charge is 2.64. The normalized spacial score (nSPS) is 30.4. The second kappa shape index (κ2) is 7.41. The minimum Gasteiger partial charge on any atom is -0.376 e. The molecule has 0 saturated carbocycles. The van der Waals surface area contributed by atoms with Crippen LogP contribution in [0.5, 0.6) is 0 Å². The highest BCUT2D eigenvalue weighted by molar-refractivity contribution is 6.14. The van der Waals surface area contributed by atoms with E-state index in [1.165, 1.54) is 4.90 Å². The molecular weight excluding hydrogens is 404 g/mol. The van der Waals surface area contributed by atoms with Crippen LogP contribution in [0.3, 0.4) is 0 Å². The summed E-state index contributed by atoms with van der Waals surface area (Å²) in [4.78, 5) is 44.3. The minimum absolute atomic E-state index is 0.108. The molecule has 3 fully saturated rings. The minimum atomic E-state index is -0.718. The molecule has 5 atom stereocenters. The monoisotopic (exact) mass is 428 g/mol. The molecule has 6 heteroatoms. The third-order valence-electron chi connectivity index (χ3n) is 7.24. The molecule has 0 bridgehead atoms. The molecule has 2 amide bonds. The summed E-state index contributed by atoms with van der Waals surface area (Å²) >= 11 is 0. The zero-order chi connectivity index (χ0) is 21.8. The molecule has 4 aliphatic rings. The summed E-state index contributed by atoms with van der Waals surface area (Å²) in [5, 5.41) is 0. The van der Waals surface area contributed by atoms with E-state index >= 15 is 0 Å². The number of nitrogens with zero attached hydrogens (tertiary/aromatic N) is 2. The largest absolute Gasteiger partial charge is 0.376 e. The Kier molecular flexibility index (Phi) is 4.50. The number of carbonyl (C=O) groups excluding carboxylic acids is 3. The number of Topliss-reactive ketones (excluding diaryl/α,β-unsaturated/α-hetero) is 1. The lowest BCUT2D eigenvalue weighted by molar-refractivity contribution is -0.142. The number of fused-ring (bicyclic) bond motifs is 5. The van der Waals surface area contributed by atoms with Gasteiger partial charge in [-0.25, -0.2) is 0 Å². The number of hydrogen-bond donors (Lipinski definition) is 0. The van der Waals surface area contributed by atoms with Crippen LogP contribution in [0.2, 0.25) is 0 Å². The highest BCUT2D eigenvalue weighted by atomic mass is 16.5. The number of benzene rings is 2. The first kappa shape index (κ1) is 19.4. The average molecular weight is 428 g/mol. The van der Waals surface area contributed by atoms with E-state index in [1.807, 2.05) is 59.5 Å². The Morgan fingerprint density at radius 2 is 1.72 bits per heavy atom. The maximum atomic E-state index is 13.8. The van der Waals surface area contributed by atoms with Crippen molar-refractivity contribution in [2.45, 2.75) is 31.0 Å². The van der Waals surface area contributed by atoms with Gasteiger partial charge in [-0.2, -0.15) is 0 Å². The van der Waals surface area contributed by atoms with Crippen molar-refractivity contribution >= 4 is 29.4 Å². The quantitative estimate of drug-likeness (QED) is 0.553. The Hall–Kier alpha value is -3.25. The maximum Gasteiger partial charge on any atom is 0.235 e. The molecule has 0 aliphatic carbocycles. The fraction of sp³-hybridized carbons (Fsp3) is 0.346. The molecule has 4 aliphatic heterocycles. The van der Waals surface area contributed by atoms with E-state index in [1.54, 1.807) is 12.1 Å². The summed E-state index contributed by atoms with van der Waals surface area (Å²) in [5.41, 5.74) is 2.45. The van der Waals surface area contributed by atoms with Crippen molar-refractivity contribution in [2.75, 3.05) is 18.1 Å². The van der Waals surface area contributed by atoms with Crippen LogP contribution < -0.4 is 4.90 Å². The van der Waals surface area contributed by atoms with Gasteiger partial charge in [-0.1, -0.05) is 60.7 Å². The predicted octanol–water partition coefficient (Wildman–Crippen LogP) is 2.93. The summed E-state index contributed by atoms with van der Waals surface area (Å²) in [7, 11) is 0.